The Kier molecular flexibility index (Phi) is 16.5. The van der Waals surface area contributed by atoms with Gasteiger partial charge in [-0.05, 0) is 84.1 Å². The summed E-state index contributed by atoms with van der Waals surface area (Å²) in [6.07, 6.45) is -6.94. The van der Waals surface area contributed by atoms with Gasteiger partial charge in [0.2, 0.25) is 0 Å². The third kappa shape index (κ3) is 14.9. The quantitative estimate of drug-likeness (QED) is 0.0645. The number of hydrogen-bond donors (Lipinski definition) is 1. The summed E-state index contributed by atoms with van der Waals surface area (Å²) in [5.41, 5.74) is 4.21. The minimum atomic E-state index is -4.84. The third-order valence-electron chi connectivity index (χ3n) is 9.01. The molecule has 0 amide bonds. The Balaban J connectivity index is 0.000000241. The Hall–Kier alpha value is -6.95. The van der Waals surface area contributed by atoms with E-state index in [1.807, 2.05) is 0 Å². The van der Waals surface area contributed by atoms with Gasteiger partial charge in [0, 0.05) is 29.5 Å². The molecule has 0 bridgehead atoms. The molecule has 0 saturated heterocycles. The van der Waals surface area contributed by atoms with Crippen molar-refractivity contribution >= 4 is 29.1 Å². The first-order chi connectivity index (χ1) is 30.4. The molecule has 0 saturated carbocycles. The summed E-state index contributed by atoms with van der Waals surface area (Å²) in [4.78, 5) is 23.2. The second-order valence-electron chi connectivity index (χ2n) is 13.7. The topological polar surface area (TPSA) is 153 Å². The number of rotatable bonds is 18. The third-order valence-corrected chi connectivity index (χ3v) is 9.33. The Labute approximate surface area is 366 Å². The normalized spacial score (nSPS) is 12.3. The van der Waals surface area contributed by atoms with Crippen LogP contribution >= 0.6 is 11.6 Å². The fourth-order valence-electron chi connectivity index (χ4n) is 6.14. The first-order valence-electron chi connectivity index (χ1n) is 19.1. The van der Waals surface area contributed by atoms with Gasteiger partial charge in [0.05, 0.1) is 35.9 Å². The molecule has 19 heteroatoms. The molecule has 4 aromatic carbocycles. The van der Waals surface area contributed by atoms with Gasteiger partial charge >= 0.3 is 24.7 Å². The maximum absolute atomic E-state index is 12.7. The average Bonchev–Trinajstić information content (AvgIpc) is 3.97. The Bertz CT molecular complexity index is 2440. The number of ether oxygens (including phenoxy) is 5. The van der Waals surface area contributed by atoms with Crippen LogP contribution in [0.15, 0.2) is 125 Å². The van der Waals surface area contributed by atoms with Gasteiger partial charge in [-0.1, -0.05) is 71.0 Å². The number of carboxylic acid groups (broad SMARTS) is 1. The van der Waals surface area contributed by atoms with Crippen molar-refractivity contribution in [1.82, 2.24) is 10.3 Å². The summed E-state index contributed by atoms with van der Waals surface area (Å²) in [6, 6.07) is 25.3. The number of aromatic nitrogens is 2. The molecule has 1 N–H and O–H groups in total. The number of esters is 1. The van der Waals surface area contributed by atoms with Gasteiger partial charge in [0.25, 0.3) is 0 Å². The van der Waals surface area contributed by atoms with Crippen LogP contribution in [0.5, 0.6) is 23.0 Å². The summed E-state index contributed by atoms with van der Waals surface area (Å²) in [5, 5.41) is 16.8. The molecule has 2 atom stereocenters. The van der Waals surface area contributed by atoms with Crippen LogP contribution in [0.25, 0.3) is 5.57 Å². The predicted molar refractivity (Wildman–Crippen MR) is 218 cm³/mol. The van der Waals surface area contributed by atoms with Crippen LogP contribution in [-0.2, 0) is 27.5 Å². The summed E-state index contributed by atoms with van der Waals surface area (Å²) >= 11 is 5.75. The molecule has 64 heavy (non-hydrogen) atoms. The fourth-order valence-corrected chi connectivity index (χ4v) is 6.29. The van der Waals surface area contributed by atoms with Crippen molar-refractivity contribution < 1.29 is 73.8 Å². The number of carbonyl (C=O) groups is 2. The summed E-state index contributed by atoms with van der Waals surface area (Å²) < 4.78 is 110. The molecule has 338 valence electrons. The Morgan fingerprint density at radius 2 is 1.17 bits per heavy atom. The Morgan fingerprint density at radius 1 is 0.703 bits per heavy atom. The summed E-state index contributed by atoms with van der Waals surface area (Å²) in [6.45, 7) is 7.27. The number of halogens is 7. The monoisotopic (exact) mass is 916 g/mol. The van der Waals surface area contributed by atoms with Gasteiger partial charge in [-0.15, -0.1) is 26.3 Å². The van der Waals surface area contributed by atoms with Crippen LogP contribution in [0, 0.1) is 0 Å². The number of alkyl halides is 6. The van der Waals surface area contributed by atoms with E-state index in [9.17, 15) is 41.0 Å². The standard InChI is InChI=1S/C23H20F3NO5.C22H19ClF3NO5/c1-14(2)18-8-3-15(11-21(18)32-23(24,25)26)13-30-17-6-4-16(5-7-17)19(12-22(28)29)20-9-10-31-27-20;1-2-29-21(28)12-17(19-9-10-31-27-19)15-4-6-16(7-5-15)30-13-14-3-8-18(23)20(11-14)32-22(24,25)26/h3-11,19H,1,12-13H2,2H3,(H,28,29);3-11,17H,2,12-13H2,1H3/t19-;17-/m00/s1. The molecule has 12 nitrogen and oxygen atoms in total. The van der Waals surface area contributed by atoms with E-state index in [0.717, 1.165) is 5.56 Å². The van der Waals surface area contributed by atoms with E-state index >= 15 is 0 Å². The van der Waals surface area contributed by atoms with Crippen molar-refractivity contribution in [2.45, 2.75) is 64.5 Å². The molecule has 0 aliphatic rings. The van der Waals surface area contributed by atoms with E-state index in [1.54, 1.807) is 86.6 Å². The van der Waals surface area contributed by atoms with Crippen molar-refractivity contribution in [2.75, 3.05) is 6.61 Å². The lowest BCUT2D eigenvalue weighted by Gasteiger charge is -2.16. The minimum absolute atomic E-state index is 0.000271. The van der Waals surface area contributed by atoms with Gasteiger partial charge in [-0.3, -0.25) is 9.59 Å². The highest BCUT2D eigenvalue weighted by Gasteiger charge is 2.33. The Morgan fingerprint density at radius 3 is 1.61 bits per heavy atom. The summed E-state index contributed by atoms with van der Waals surface area (Å²) in [5.74, 6) is -2.08. The van der Waals surface area contributed by atoms with Crippen LogP contribution < -0.4 is 18.9 Å². The predicted octanol–water partition coefficient (Wildman–Crippen LogP) is 11.7. The highest BCUT2D eigenvalue weighted by molar-refractivity contribution is 6.32. The van der Waals surface area contributed by atoms with Crippen molar-refractivity contribution in [3.05, 3.63) is 160 Å². The van der Waals surface area contributed by atoms with Crippen LogP contribution in [0.3, 0.4) is 0 Å². The van der Waals surface area contributed by atoms with E-state index in [-0.39, 0.29) is 60.9 Å². The van der Waals surface area contributed by atoms with E-state index in [2.05, 4.69) is 26.4 Å². The van der Waals surface area contributed by atoms with Gasteiger partial charge in [0.15, 0.2) is 0 Å². The molecule has 0 aliphatic carbocycles. The SMILES string of the molecule is C=C(C)c1ccc(COc2ccc([C@H](CC(=O)O)c3ccon3)cc2)cc1OC(F)(F)F.CCOC(=O)C[C@@H](c1ccc(OCc2ccc(Cl)c(OC(F)(F)F)c2)cc1)c1ccon1. The second-order valence-corrected chi connectivity index (χ2v) is 14.2. The van der Waals surface area contributed by atoms with E-state index in [1.165, 1.54) is 36.8 Å². The maximum Gasteiger partial charge on any atom is 0.573 e. The van der Waals surface area contributed by atoms with Crippen molar-refractivity contribution in [3.8, 4) is 23.0 Å². The molecule has 0 spiro atoms. The smallest absolute Gasteiger partial charge is 0.489 e. The van der Waals surface area contributed by atoms with Crippen LogP contribution in [-0.4, -0.2) is 46.7 Å². The van der Waals surface area contributed by atoms with Gasteiger partial charge in [-0.2, -0.15) is 0 Å². The molecule has 6 rings (SSSR count). The van der Waals surface area contributed by atoms with Gasteiger partial charge < -0.3 is 37.8 Å². The fraction of sp³-hybridized carbons (Fsp3) is 0.244. The molecule has 0 fully saturated rings. The average molecular weight is 917 g/mol. The van der Waals surface area contributed by atoms with Crippen LogP contribution in [0.4, 0.5) is 26.3 Å². The number of nitrogens with zero attached hydrogens (tertiary/aromatic N) is 2. The van der Waals surface area contributed by atoms with E-state index in [0.29, 0.717) is 45.2 Å². The number of hydrogen-bond acceptors (Lipinski definition) is 11. The lowest BCUT2D eigenvalue weighted by atomic mass is 9.92. The largest absolute Gasteiger partial charge is 0.573 e. The van der Waals surface area contributed by atoms with Crippen LogP contribution in [0.1, 0.15) is 77.7 Å². The van der Waals surface area contributed by atoms with Gasteiger partial charge in [-0.25, -0.2) is 0 Å². The molecule has 0 aliphatic heterocycles. The molecular weight excluding hydrogens is 878 g/mol. The first-order valence-corrected chi connectivity index (χ1v) is 19.5. The zero-order chi connectivity index (χ0) is 46.4. The number of aliphatic carboxylic acids is 1. The zero-order valence-corrected chi connectivity index (χ0v) is 34.7. The summed E-state index contributed by atoms with van der Waals surface area (Å²) in [7, 11) is 0. The first kappa shape index (κ1) is 48.1. The van der Waals surface area contributed by atoms with Crippen LogP contribution in [0.2, 0.25) is 5.02 Å². The molecule has 0 radical (unpaired) electrons. The van der Waals surface area contributed by atoms with E-state index in [4.69, 9.17) is 34.9 Å². The highest BCUT2D eigenvalue weighted by Crippen LogP contribution is 2.34. The molecule has 2 heterocycles. The van der Waals surface area contributed by atoms with Gasteiger partial charge in [0.1, 0.15) is 48.7 Å². The number of benzene rings is 4. The molecule has 0 unspecified atom stereocenters. The van der Waals surface area contributed by atoms with Crippen molar-refractivity contribution in [2.24, 2.45) is 0 Å². The zero-order valence-electron chi connectivity index (χ0n) is 34.0. The molecule has 2 aromatic heterocycles. The number of carboxylic acids is 1. The maximum atomic E-state index is 12.7. The molecule has 6 aromatic rings. The van der Waals surface area contributed by atoms with E-state index < -0.39 is 30.4 Å². The lowest BCUT2D eigenvalue weighted by Crippen LogP contribution is -2.18. The van der Waals surface area contributed by atoms with Crippen molar-refractivity contribution in [1.29, 1.82) is 0 Å². The number of carbonyl (C=O) groups excluding carboxylic acids is 1. The number of allylic oxidation sites excluding steroid dienone is 1. The lowest BCUT2D eigenvalue weighted by molar-refractivity contribution is -0.275. The molecular formula is C45H39ClF6N2O10. The minimum Gasteiger partial charge on any atom is -0.489 e. The highest BCUT2D eigenvalue weighted by atomic mass is 35.5. The van der Waals surface area contributed by atoms with Crippen molar-refractivity contribution in [3.63, 3.8) is 0 Å². The second kappa shape index (κ2) is 21.9.